The average molecular weight is 424 g/mol. The molecule has 1 fully saturated rings. The van der Waals surface area contributed by atoms with E-state index >= 15 is 0 Å². The number of carbonyl (C=O) groups is 1. The van der Waals surface area contributed by atoms with Crippen molar-refractivity contribution in [3.63, 3.8) is 0 Å². The summed E-state index contributed by atoms with van der Waals surface area (Å²) in [5.74, 6) is -0.288. The molecule has 9 heteroatoms. The molecule has 0 aliphatic carbocycles. The number of anilines is 2. The van der Waals surface area contributed by atoms with E-state index in [1.165, 1.54) is 10.4 Å². The van der Waals surface area contributed by atoms with Gasteiger partial charge in [0.05, 0.1) is 24.7 Å². The highest BCUT2D eigenvalue weighted by Gasteiger charge is 2.26. The molecule has 1 saturated heterocycles. The van der Waals surface area contributed by atoms with Gasteiger partial charge in [0, 0.05) is 29.5 Å². The Hall–Kier alpha value is -2.13. The number of hydrogen-bond donors (Lipinski definition) is 2. The summed E-state index contributed by atoms with van der Waals surface area (Å²) in [5.41, 5.74) is 1.97. The number of aryl methyl sites for hydroxylation is 1. The third-order valence-corrected chi connectivity index (χ3v) is 6.50. The number of rotatable bonds is 6. The van der Waals surface area contributed by atoms with Gasteiger partial charge in [0.1, 0.15) is 0 Å². The Morgan fingerprint density at radius 3 is 2.64 bits per heavy atom. The number of morpholine rings is 1. The molecule has 0 bridgehead atoms. The van der Waals surface area contributed by atoms with Gasteiger partial charge < -0.3 is 15.4 Å². The van der Waals surface area contributed by atoms with Crippen LogP contribution in [0.1, 0.15) is 5.56 Å². The number of ether oxygens (including phenoxy) is 1. The van der Waals surface area contributed by atoms with E-state index in [0.29, 0.717) is 37.0 Å². The summed E-state index contributed by atoms with van der Waals surface area (Å²) < 4.78 is 32.2. The zero-order valence-electron chi connectivity index (χ0n) is 15.4. The zero-order valence-corrected chi connectivity index (χ0v) is 17.0. The maximum Gasteiger partial charge on any atom is 0.243 e. The van der Waals surface area contributed by atoms with Crippen LogP contribution < -0.4 is 10.6 Å². The molecule has 2 aromatic carbocycles. The van der Waals surface area contributed by atoms with Crippen LogP contribution in [0.25, 0.3) is 0 Å². The third-order valence-electron chi connectivity index (χ3n) is 4.37. The first-order valence-electron chi connectivity index (χ1n) is 8.84. The molecule has 7 nitrogen and oxygen atoms in total. The number of halogens is 1. The van der Waals surface area contributed by atoms with Crippen LogP contribution in [0.3, 0.4) is 0 Å². The smallest absolute Gasteiger partial charge is 0.243 e. The topological polar surface area (TPSA) is 87.7 Å². The normalized spacial score (nSPS) is 15.2. The van der Waals surface area contributed by atoms with E-state index in [0.717, 1.165) is 11.3 Å². The van der Waals surface area contributed by atoms with Crippen molar-refractivity contribution in [1.82, 2.24) is 4.31 Å². The van der Waals surface area contributed by atoms with Gasteiger partial charge in [-0.2, -0.15) is 4.31 Å². The SMILES string of the molecule is Cc1ccc(S(=O)(=O)N2CCOCC2)cc1NC(=O)CNc1cccc(Cl)c1. The summed E-state index contributed by atoms with van der Waals surface area (Å²) in [7, 11) is -3.63. The first-order valence-corrected chi connectivity index (χ1v) is 10.7. The molecule has 1 aliphatic heterocycles. The Balaban J connectivity index is 1.70. The van der Waals surface area contributed by atoms with Crippen LogP contribution in [0, 0.1) is 6.92 Å². The highest BCUT2D eigenvalue weighted by atomic mass is 35.5. The largest absolute Gasteiger partial charge is 0.379 e. The molecule has 28 heavy (non-hydrogen) atoms. The number of nitrogens with one attached hydrogen (secondary N) is 2. The molecule has 2 aromatic rings. The van der Waals surface area contributed by atoms with Gasteiger partial charge in [-0.25, -0.2) is 8.42 Å². The number of nitrogens with zero attached hydrogens (tertiary/aromatic N) is 1. The highest BCUT2D eigenvalue weighted by molar-refractivity contribution is 7.89. The van der Waals surface area contributed by atoms with Crippen LogP contribution in [0.15, 0.2) is 47.4 Å². The number of hydrogen-bond acceptors (Lipinski definition) is 5. The Morgan fingerprint density at radius 2 is 1.93 bits per heavy atom. The van der Waals surface area contributed by atoms with Crippen molar-refractivity contribution in [3.8, 4) is 0 Å². The van der Waals surface area contributed by atoms with Gasteiger partial charge in [0.25, 0.3) is 0 Å². The lowest BCUT2D eigenvalue weighted by Gasteiger charge is -2.26. The monoisotopic (exact) mass is 423 g/mol. The Bertz CT molecular complexity index is 959. The van der Waals surface area contributed by atoms with Crippen molar-refractivity contribution >= 4 is 38.9 Å². The maximum absolute atomic E-state index is 12.8. The van der Waals surface area contributed by atoms with E-state index in [4.69, 9.17) is 16.3 Å². The van der Waals surface area contributed by atoms with Gasteiger partial charge in [0.2, 0.25) is 15.9 Å². The second kappa shape index (κ2) is 8.91. The van der Waals surface area contributed by atoms with Gasteiger partial charge in [-0.05, 0) is 42.8 Å². The Kier molecular flexibility index (Phi) is 6.56. The quantitative estimate of drug-likeness (QED) is 0.745. The van der Waals surface area contributed by atoms with E-state index in [1.807, 2.05) is 6.92 Å². The first kappa shape index (κ1) is 20.6. The minimum absolute atomic E-state index is 0.0280. The van der Waals surface area contributed by atoms with Crippen molar-refractivity contribution in [3.05, 3.63) is 53.1 Å². The van der Waals surface area contributed by atoms with Crippen molar-refractivity contribution < 1.29 is 17.9 Å². The summed E-state index contributed by atoms with van der Waals surface area (Å²) in [6.45, 7) is 3.24. The number of amides is 1. The minimum Gasteiger partial charge on any atom is -0.379 e. The summed E-state index contributed by atoms with van der Waals surface area (Å²) >= 11 is 5.93. The molecule has 150 valence electrons. The fraction of sp³-hybridized carbons (Fsp3) is 0.316. The number of benzene rings is 2. The first-order chi connectivity index (χ1) is 13.4. The van der Waals surface area contributed by atoms with E-state index in [9.17, 15) is 13.2 Å². The number of carbonyl (C=O) groups excluding carboxylic acids is 1. The lowest BCUT2D eigenvalue weighted by molar-refractivity contribution is -0.114. The molecule has 0 aromatic heterocycles. The van der Waals surface area contributed by atoms with Gasteiger partial charge in [0.15, 0.2) is 0 Å². The van der Waals surface area contributed by atoms with Crippen LogP contribution >= 0.6 is 11.6 Å². The summed E-state index contributed by atoms with van der Waals surface area (Å²) in [5, 5.41) is 6.32. The molecule has 0 saturated carbocycles. The summed E-state index contributed by atoms with van der Waals surface area (Å²) in [6.07, 6.45) is 0. The number of sulfonamides is 1. The van der Waals surface area contributed by atoms with Crippen molar-refractivity contribution in [2.45, 2.75) is 11.8 Å². The molecule has 1 amide bonds. The van der Waals surface area contributed by atoms with Crippen LogP contribution in [-0.4, -0.2) is 51.5 Å². The van der Waals surface area contributed by atoms with Crippen LogP contribution in [0.5, 0.6) is 0 Å². The standard InChI is InChI=1S/C19H22ClN3O4S/c1-14-5-6-17(28(25,26)23-7-9-27-10-8-23)12-18(14)22-19(24)13-21-16-4-2-3-15(20)11-16/h2-6,11-12,21H,7-10,13H2,1H3,(H,22,24). The molecule has 3 rings (SSSR count). The fourth-order valence-electron chi connectivity index (χ4n) is 2.81. The third kappa shape index (κ3) is 5.02. The molecule has 1 aliphatic rings. The van der Waals surface area contributed by atoms with Crippen molar-refractivity contribution in [1.29, 1.82) is 0 Å². The predicted octanol–water partition coefficient (Wildman–Crippen LogP) is 2.72. The average Bonchev–Trinajstić information content (AvgIpc) is 2.69. The lowest BCUT2D eigenvalue weighted by Crippen LogP contribution is -2.40. The van der Waals surface area contributed by atoms with Crippen molar-refractivity contribution in [2.24, 2.45) is 0 Å². The zero-order chi connectivity index (χ0) is 20.1. The van der Waals surface area contributed by atoms with E-state index < -0.39 is 10.0 Å². The fourth-order valence-corrected chi connectivity index (χ4v) is 4.43. The van der Waals surface area contributed by atoms with E-state index in [-0.39, 0.29) is 17.3 Å². The molecule has 2 N–H and O–H groups in total. The van der Waals surface area contributed by atoms with E-state index in [2.05, 4.69) is 10.6 Å². The highest BCUT2D eigenvalue weighted by Crippen LogP contribution is 2.23. The lowest BCUT2D eigenvalue weighted by atomic mass is 10.2. The van der Waals surface area contributed by atoms with Crippen LogP contribution in [-0.2, 0) is 19.6 Å². The molecular formula is C19H22ClN3O4S. The van der Waals surface area contributed by atoms with Gasteiger partial charge in [-0.3, -0.25) is 4.79 Å². The second-order valence-corrected chi connectivity index (χ2v) is 8.78. The van der Waals surface area contributed by atoms with E-state index in [1.54, 1.807) is 36.4 Å². The Labute approximate surface area is 169 Å². The minimum atomic E-state index is -3.63. The van der Waals surface area contributed by atoms with Crippen LogP contribution in [0.4, 0.5) is 11.4 Å². The van der Waals surface area contributed by atoms with Gasteiger partial charge in [-0.15, -0.1) is 0 Å². The van der Waals surface area contributed by atoms with Crippen LogP contribution in [0.2, 0.25) is 5.02 Å². The summed E-state index contributed by atoms with van der Waals surface area (Å²) in [6, 6.07) is 11.8. The van der Waals surface area contributed by atoms with Gasteiger partial charge in [-0.1, -0.05) is 23.7 Å². The van der Waals surface area contributed by atoms with Gasteiger partial charge >= 0.3 is 0 Å². The Morgan fingerprint density at radius 1 is 1.18 bits per heavy atom. The molecule has 0 radical (unpaired) electrons. The molecule has 0 unspecified atom stereocenters. The predicted molar refractivity (Wildman–Crippen MR) is 109 cm³/mol. The maximum atomic E-state index is 12.8. The summed E-state index contributed by atoms with van der Waals surface area (Å²) in [4.78, 5) is 12.5. The molecular weight excluding hydrogens is 402 g/mol. The molecule has 1 heterocycles. The van der Waals surface area contributed by atoms with Crippen molar-refractivity contribution in [2.75, 3.05) is 43.5 Å². The second-order valence-electron chi connectivity index (χ2n) is 6.41. The molecule has 0 spiro atoms. The molecule has 0 atom stereocenters.